The van der Waals surface area contributed by atoms with E-state index in [2.05, 4.69) is 31.6 Å². The lowest BCUT2D eigenvalue weighted by Crippen LogP contribution is -2.03. The number of aromatic amines is 1. The van der Waals surface area contributed by atoms with Gasteiger partial charge >= 0.3 is 0 Å². The molecule has 1 aromatic carbocycles. The van der Waals surface area contributed by atoms with E-state index in [1.807, 2.05) is 24.3 Å². The van der Waals surface area contributed by atoms with Crippen LogP contribution < -0.4 is 5.32 Å². The Morgan fingerprint density at radius 1 is 1.32 bits per heavy atom. The van der Waals surface area contributed by atoms with E-state index in [0.29, 0.717) is 23.8 Å². The van der Waals surface area contributed by atoms with Gasteiger partial charge < -0.3 is 5.32 Å². The number of aromatic nitrogens is 4. The van der Waals surface area contributed by atoms with Crippen LogP contribution in [0.3, 0.4) is 0 Å². The van der Waals surface area contributed by atoms with Gasteiger partial charge in [-0.1, -0.05) is 18.2 Å². The predicted octanol–water partition coefficient (Wildman–Crippen LogP) is 1.84. The molecule has 0 fully saturated rings. The Bertz CT molecular complexity index is 741. The van der Waals surface area contributed by atoms with Crippen LogP contribution in [0.2, 0.25) is 0 Å². The third-order valence-electron chi connectivity index (χ3n) is 2.74. The molecule has 0 bridgehead atoms. The maximum absolute atomic E-state index is 9.18. The number of benzene rings is 1. The predicted molar refractivity (Wildman–Crippen MR) is 70.2 cm³/mol. The van der Waals surface area contributed by atoms with Gasteiger partial charge in [0.25, 0.3) is 0 Å². The second kappa shape index (κ2) is 4.74. The minimum absolute atomic E-state index is 0.482. The van der Waals surface area contributed by atoms with Gasteiger partial charge in [-0.2, -0.15) is 10.4 Å². The van der Waals surface area contributed by atoms with Crippen molar-refractivity contribution in [3.8, 4) is 6.07 Å². The zero-order chi connectivity index (χ0) is 13.1. The van der Waals surface area contributed by atoms with E-state index >= 15 is 0 Å². The Balaban J connectivity index is 1.94. The second-order valence-electron chi connectivity index (χ2n) is 3.97. The molecule has 0 saturated heterocycles. The first-order valence-corrected chi connectivity index (χ1v) is 5.75. The highest BCUT2D eigenvalue weighted by Crippen LogP contribution is 2.20. The van der Waals surface area contributed by atoms with Gasteiger partial charge in [-0.15, -0.1) is 0 Å². The number of hydrogen-bond acceptors (Lipinski definition) is 5. The standard InChI is InChI=1S/C13H10N6/c14-6-9-5-12(15-7-13-16-8-17-19-13)18-11-4-2-1-3-10(9)11/h1-5,8H,7H2,(H,15,18)(H,16,17,19). The lowest BCUT2D eigenvalue weighted by molar-refractivity contribution is 0.949. The molecule has 0 aliphatic heterocycles. The van der Waals surface area contributed by atoms with Crippen LogP contribution in [-0.2, 0) is 6.54 Å². The summed E-state index contributed by atoms with van der Waals surface area (Å²) >= 11 is 0. The molecular weight excluding hydrogens is 240 g/mol. The van der Waals surface area contributed by atoms with Gasteiger partial charge in [0, 0.05) is 5.39 Å². The third-order valence-corrected chi connectivity index (χ3v) is 2.74. The van der Waals surface area contributed by atoms with Crippen molar-refractivity contribution in [3.63, 3.8) is 0 Å². The van der Waals surface area contributed by atoms with Crippen LogP contribution in [0.5, 0.6) is 0 Å². The number of H-pyrrole nitrogens is 1. The van der Waals surface area contributed by atoms with Crippen molar-refractivity contribution in [1.82, 2.24) is 20.2 Å². The summed E-state index contributed by atoms with van der Waals surface area (Å²) in [5.74, 6) is 1.36. The molecule has 0 atom stereocenters. The SMILES string of the molecule is N#Cc1cc(NCc2ncn[nH]2)nc2ccccc12. The van der Waals surface area contributed by atoms with Crippen LogP contribution in [0.15, 0.2) is 36.7 Å². The fourth-order valence-electron chi connectivity index (χ4n) is 1.85. The normalized spacial score (nSPS) is 10.3. The molecule has 0 aliphatic carbocycles. The molecule has 6 heteroatoms. The smallest absolute Gasteiger partial charge is 0.143 e. The van der Waals surface area contributed by atoms with E-state index < -0.39 is 0 Å². The quantitative estimate of drug-likeness (QED) is 0.740. The molecule has 3 rings (SSSR count). The number of nitrogens with one attached hydrogen (secondary N) is 2. The Morgan fingerprint density at radius 2 is 2.21 bits per heavy atom. The van der Waals surface area contributed by atoms with E-state index in [1.54, 1.807) is 6.07 Å². The average molecular weight is 250 g/mol. The summed E-state index contributed by atoms with van der Waals surface area (Å²) in [6.45, 7) is 0.482. The van der Waals surface area contributed by atoms with Gasteiger partial charge in [-0.3, -0.25) is 5.10 Å². The highest BCUT2D eigenvalue weighted by molar-refractivity contribution is 5.86. The summed E-state index contributed by atoms with van der Waals surface area (Å²) < 4.78 is 0. The highest BCUT2D eigenvalue weighted by atomic mass is 15.2. The molecule has 0 saturated carbocycles. The summed E-state index contributed by atoms with van der Waals surface area (Å²) in [5.41, 5.74) is 1.40. The minimum atomic E-state index is 0.482. The second-order valence-corrected chi connectivity index (χ2v) is 3.97. The van der Waals surface area contributed by atoms with Crippen LogP contribution in [0.4, 0.5) is 5.82 Å². The Morgan fingerprint density at radius 3 is 3.00 bits per heavy atom. The van der Waals surface area contributed by atoms with Crippen molar-refractivity contribution in [2.24, 2.45) is 0 Å². The first-order valence-electron chi connectivity index (χ1n) is 5.75. The van der Waals surface area contributed by atoms with Crippen molar-refractivity contribution in [2.75, 3.05) is 5.32 Å². The molecule has 0 amide bonds. The lowest BCUT2D eigenvalue weighted by Gasteiger charge is -2.06. The topological polar surface area (TPSA) is 90.3 Å². The van der Waals surface area contributed by atoms with Gasteiger partial charge in [-0.05, 0) is 12.1 Å². The molecule has 0 unspecified atom stereocenters. The molecular formula is C13H10N6. The summed E-state index contributed by atoms with van der Waals surface area (Å²) in [4.78, 5) is 8.47. The van der Waals surface area contributed by atoms with Crippen LogP contribution in [0, 0.1) is 11.3 Å². The minimum Gasteiger partial charge on any atom is -0.363 e. The van der Waals surface area contributed by atoms with Crippen molar-refractivity contribution in [2.45, 2.75) is 6.54 Å². The van der Waals surface area contributed by atoms with Crippen molar-refractivity contribution in [1.29, 1.82) is 5.26 Å². The fraction of sp³-hybridized carbons (Fsp3) is 0.0769. The number of pyridine rings is 1. The van der Waals surface area contributed by atoms with Crippen molar-refractivity contribution >= 4 is 16.7 Å². The van der Waals surface area contributed by atoms with Gasteiger partial charge in [0.15, 0.2) is 0 Å². The fourth-order valence-corrected chi connectivity index (χ4v) is 1.85. The van der Waals surface area contributed by atoms with Gasteiger partial charge in [0.2, 0.25) is 0 Å². The zero-order valence-corrected chi connectivity index (χ0v) is 9.96. The number of hydrogen-bond donors (Lipinski definition) is 2. The zero-order valence-electron chi connectivity index (χ0n) is 9.96. The lowest BCUT2D eigenvalue weighted by atomic mass is 10.1. The Labute approximate surface area is 109 Å². The van der Waals surface area contributed by atoms with E-state index in [-0.39, 0.29) is 0 Å². The van der Waals surface area contributed by atoms with Gasteiger partial charge in [0.05, 0.1) is 23.7 Å². The third kappa shape index (κ3) is 2.21. The van der Waals surface area contributed by atoms with Crippen LogP contribution >= 0.6 is 0 Å². The number of nitriles is 1. The van der Waals surface area contributed by atoms with Crippen LogP contribution in [0.1, 0.15) is 11.4 Å². The maximum atomic E-state index is 9.18. The summed E-state index contributed by atoms with van der Waals surface area (Å²) in [5, 5.41) is 19.7. The Hall–Kier alpha value is -2.94. The summed E-state index contributed by atoms with van der Waals surface area (Å²) in [6, 6.07) is 11.5. The van der Waals surface area contributed by atoms with Crippen molar-refractivity contribution in [3.05, 3.63) is 48.0 Å². The molecule has 2 aromatic heterocycles. The van der Waals surface area contributed by atoms with Crippen molar-refractivity contribution < 1.29 is 0 Å². The molecule has 19 heavy (non-hydrogen) atoms. The summed E-state index contributed by atoms with van der Waals surface area (Å²) in [7, 11) is 0. The number of para-hydroxylation sites is 1. The van der Waals surface area contributed by atoms with Gasteiger partial charge in [-0.25, -0.2) is 9.97 Å². The largest absolute Gasteiger partial charge is 0.363 e. The summed E-state index contributed by atoms with van der Waals surface area (Å²) in [6.07, 6.45) is 1.45. The molecule has 0 radical (unpaired) electrons. The number of nitrogens with zero attached hydrogens (tertiary/aromatic N) is 4. The maximum Gasteiger partial charge on any atom is 0.143 e. The Kier molecular flexibility index (Phi) is 2.79. The van der Waals surface area contributed by atoms with E-state index in [1.165, 1.54) is 6.33 Å². The van der Waals surface area contributed by atoms with Crippen LogP contribution in [0.25, 0.3) is 10.9 Å². The molecule has 92 valence electrons. The first kappa shape index (κ1) is 11.2. The number of fused-ring (bicyclic) bond motifs is 1. The average Bonchev–Trinajstić information content (AvgIpc) is 2.97. The monoisotopic (exact) mass is 250 g/mol. The molecule has 3 aromatic rings. The molecule has 0 aliphatic rings. The van der Waals surface area contributed by atoms with E-state index in [4.69, 9.17) is 0 Å². The molecule has 2 N–H and O–H groups in total. The molecule has 0 spiro atoms. The molecule has 6 nitrogen and oxygen atoms in total. The number of rotatable bonds is 3. The van der Waals surface area contributed by atoms with E-state index in [9.17, 15) is 5.26 Å². The number of anilines is 1. The van der Waals surface area contributed by atoms with Gasteiger partial charge in [0.1, 0.15) is 18.0 Å². The van der Waals surface area contributed by atoms with E-state index in [0.717, 1.165) is 10.9 Å². The van der Waals surface area contributed by atoms with Crippen LogP contribution in [-0.4, -0.2) is 20.2 Å². The first-order chi connectivity index (χ1) is 9.36. The highest BCUT2D eigenvalue weighted by Gasteiger charge is 2.05. The molecule has 2 heterocycles.